The zero-order valence-corrected chi connectivity index (χ0v) is 25.6. The van der Waals surface area contributed by atoms with Gasteiger partial charge in [-0.25, -0.2) is 0 Å². The molecule has 4 heteroatoms. The summed E-state index contributed by atoms with van der Waals surface area (Å²) in [6.45, 7) is 0. The van der Waals surface area contributed by atoms with Crippen LogP contribution in [0.2, 0.25) is 8.26 Å². The van der Waals surface area contributed by atoms with Crippen molar-refractivity contribution in [3.8, 4) is 22.3 Å². The minimum atomic E-state index is 0. The third-order valence-electron chi connectivity index (χ3n) is 6.79. The fourth-order valence-electron chi connectivity index (χ4n) is 5.43. The number of halogens is 2. The SMILES string of the molecule is Cl.Cl.[Zr][CH2]CC1c2ccccc2-c2ccccc21.[Zr][CH2]CC1c2ccccc2-c2ccccc21. The average Bonchev–Trinajstić information content (AvgIpc) is 3.34. The second kappa shape index (κ2) is 13.0. The van der Waals surface area contributed by atoms with Crippen molar-refractivity contribution < 1.29 is 49.4 Å². The van der Waals surface area contributed by atoms with Crippen LogP contribution in [0.5, 0.6) is 0 Å². The predicted octanol–water partition coefficient (Wildman–Crippen LogP) is 9.15. The van der Waals surface area contributed by atoms with Crippen LogP contribution < -0.4 is 0 Å². The molecule has 34 heavy (non-hydrogen) atoms. The molecule has 0 nitrogen and oxygen atoms in total. The molecule has 0 spiro atoms. The first-order valence-corrected chi connectivity index (χ1v) is 15.0. The summed E-state index contributed by atoms with van der Waals surface area (Å²) in [6.07, 6.45) is 2.60. The number of benzene rings is 4. The van der Waals surface area contributed by atoms with Crippen LogP contribution in [-0.4, -0.2) is 0 Å². The Morgan fingerprint density at radius 2 is 0.647 bits per heavy atom. The summed E-state index contributed by atoms with van der Waals surface area (Å²) in [6, 6.07) is 35.5. The Balaban J connectivity index is 0.000000180. The molecule has 0 amide bonds. The maximum absolute atomic E-state index is 2.30. The molecule has 4 aromatic rings. The van der Waals surface area contributed by atoms with E-state index in [1.807, 2.05) is 0 Å². The van der Waals surface area contributed by atoms with Crippen molar-refractivity contribution in [3.63, 3.8) is 0 Å². The second-order valence-electron chi connectivity index (χ2n) is 8.53. The standard InChI is InChI=1S/2C15H13.2ClH.2Zr/c2*1-2-11-12-7-3-5-9-14(12)15-10-6-4-8-13(11)15;;;;/h2*3-11H,1-2H2;2*1H;;. The van der Waals surface area contributed by atoms with Crippen molar-refractivity contribution in [3.05, 3.63) is 119 Å². The molecule has 0 aliphatic heterocycles. The maximum atomic E-state index is 2.30. The fourth-order valence-corrected chi connectivity index (χ4v) is 6.85. The van der Waals surface area contributed by atoms with Gasteiger partial charge in [0.05, 0.1) is 0 Å². The quantitative estimate of drug-likeness (QED) is 0.209. The van der Waals surface area contributed by atoms with Gasteiger partial charge in [-0.05, 0) is 0 Å². The summed E-state index contributed by atoms with van der Waals surface area (Å²) in [4.78, 5) is 0. The topological polar surface area (TPSA) is 0 Å². The van der Waals surface area contributed by atoms with Crippen molar-refractivity contribution in [2.24, 2.45) is 0 Å². The van der Waals surface area contributed by atoms with E-state index in [2.05, 4.69) is 97.1 Å². The van der Waals surface area contributed by atoms with Crippen LogP contribution in [0.1, 0.15) is 46.9 Å². The Labute approximate surface area is 246 Å². The van der Waals surface area contributed by atoms with Crippen LogP contribution in [-0.2, 0) is 49.4 Å². The van der Waals surface area contributed by atoms with Crippen molar-refractivity contribution >= 4 is 24.8 Å². The molecule has 0 saturated heterocycles. The average molecular weight is 642 g/mol. The van der Waals surface area contributed by atoms with Gasteiger partial charge in [-0.3, -0.25) is 0 Å². The Kier molecular flexibility index (Phi) is 10.6. The molecule has 0 radical (unpaired) electrons. The van der Waals surface area contributed by atoms with E-state index in [1.54, 1.807) is 49.4 Å². The van der Waals surface area contributed by atoms with Gasteiger partial charge >= 0.3 is 224 Å². The van der Waals surface area contributed by atoms with Gasteiger partial charge in [0.1, 0.15) is 0 Å². The summed E-state index contributed by atoms with van der Waals surface area (Å²) >= 11 is 3.29. The predicted molar refractivity (Wildman–Crippen MR) is 141 cm³/mol. The molecule has 2 aliphatic rings. The molecule has 0 atom stereocenters. The van der Waals surface area contributed by atoms with Gasteiger partial charge in [0.15, 0.2) is 0 Å². The van der Waals surface area contributed by atoms with Gasteiger partial charge in [0.25, 0.3) is 0 Å². The third-order valence-corrected chi connectivity index (χ3v) is 8.21. The Bertz CT molecular complexity index is 1050. The van der Waals surface area contributed by atoms with Crippen LogP contribution in [0.15, 0.2) is 97.1 Å². The second-order valence-corrected chi connectivity index (χ2v) is 11.0. The monoisotopic (exact) mass is 638 g/mol. The summed E-state index contributed by atoms with van der Waals surface area (Å²) < 4.78 is 2.67. The van der Waals surface area contributed by atoms with E-state index in [-0.39, 0.29) is 24.8 Å². The van der Waals surface area contributed by atoms with Crippen LogP contribution in [0.3, 0.4) is 0 Å². The number of hydrogen-bond acceptors (Lipinski definition) is 0. The minimum absolute atomic E-state index is 0. The number of fused-ring (bicyclic) bond motifs is 6. The normalized spacial score (nSPS) is 12.6. The van der Waals surface area contributed by atoms with Gasteiger partial charge in [0.2, 0.25) is 0 Å². The Morgan fingerprint density at radius 3 is 0.882 bits per heavy atom. The van der Waals surface area contributed by atoms with Gasteiger partial charge in [0, 0.05) is 0 Å². The molecule has 4 aromatic carbocycles. The van der Waals surface area contributed by atoms with Crippen LogP contribution in [0.4, 0.5) is 0 Å². The molecule has 2 aliphatic carbocycles. The van der Waals surface area contributed by atoms with E-state index >= 15 is 0 Å². The molecule has 170 valence electrons. The molecule has 0 unspecified atom stereocenters. The summed E-state index contributed by atoms with van der Waals surface area (Å²) in [5, 5.41) is 0. The van der Waals surface area contributed by atoms with E-state index in [0.717, 1.165) is 0 Å². The van der Waals surface area contributed by atoms with Gasteiger partial charge in [-0.15, -0.1) is 24.8 Å². The Hall–Kier alpha value is -0.774. The zero-order chi connectivity index (χ0) is 21.9. The van der Waals surface area contributed by atoms with Crippen molar-refractivity contribution in [1.29, 1.82) is 0 Å². The van der Waals surface area contributed by atoms with E-state index in [0.29, 0.717) is 11.8 Å². The van der Waals surface area contributed by atoms with Crippen molar-refractivity contribution in [1.82, 2.24) is 0 Å². The van der Waals surface area contributed by atoms with E-state index in [1.165, 1.54) is 65.6 Å². The summed E-state index contributed by atoms with van der Waals surface area (Å²) in [5.74, 6) is 1.29. The summed E-state index contributed by atoms with van der Waals surface area (Å²) in [7, 11) is 0. The first-order valence-electron chi connectivity index (χ1n) is 11.5. The molecule has 0 fully saturated rings. The first-order chi connectivity index (χ1) is 15.8. The van der Waals surface area contributed by atoms with Crippen LogP contribution in [0, 0.1) is 0 Å². The van der Waals surface area contributed by atoms with Gasteiger partial charge < -0.3 is 0 Å². The molecular formula is C30H28Cl2Zr2. The zero-order valence-electron chi connectivity index (χ0n) is 19.0. The molecular weight excluding hydrogens is 614 g/mol. The first kappa shape index (κ1) is 27.8. The molecule has 0 bridgehead atoms. The molecule has 0 N–H and O–H groups in total. The number of hydrogen-bond donors (Lipinski definition) is 0. The molecule has 0 aromatic heterocycles. The van der Waals surface area contributed by atoms with Crippen LogP contribution >= 0.6 is 24.8 Å². The van der Waals surface area contributed by atoms with E-state index in [9.17, 15) is 0 Å². The third kappa shape index (κ3) is 5.32. The molecule has 6 rings (SSSR count). The van der Waals surface area contributed by atoms with Crippen molar-refractivity contribution in [2.45, 2.75) is 32.9 Å². The van der Waals surface area contributed by atoms with Crippen LogP contribution in [0.25, 0.3) is 22.3 Å². The van der Waals surface area contributed by atoms with Gasteiger partial charge in [-0.2, -0.15) is 0 Å². The van der Waals surface area contributed by atoms with Crippen molar-refractivity contribution in [2.75, 3.05) is 0 Å². The molecule has 0 saturated carbocycles. The Morgan fingerprint density at radius 1 is 0.412 bits per heavy atom. The van der Waals surface area contributed by atoms with Gasteiger partial charge in [-0.1, -0.05) is 0 Å². The molecule has 0 heterocycles. The summed E-state index contributed by atoms with van der Waals surface area (Å²) in [5.41, 5.74) is 11.9. The van der Waals surface area contributed by atoms with E-state index in [4.69, 9.17) is 0 Å². The fraction of sp³-hybridized carbons (Fsp3) is 0.200. The van der Waals surface area contributed by atoms with E-state index < -0.39 is 0 Å². The number of rotatable bonds is 4.